The SMILES string of the molecule is CCOC(C)C1(OC2(C(C)OCC)CCCCC2)CCCCC1. The second kappa shape index (κ2) is 8.82. The van der Waals surface area contributed by atoms with Crippen LogP contribution in [0.5, 0.6) is 0 Å². The summed E-state index contributed by atoms with van der Waals surface area (Å²) in [5.41, 5.74) is -0.228. The molecule has 0 aromatic rings. The highest BCUT2D eigenvalue weighted by Crippen LogP contribution is 2.45. The minimum Gasteiger partial charge on any atom is -0.376 e. The highest BCUT2D eigenvalue weighted by molar-refractivity contribution is 4.98. The van der Waals surface area contributed by atoms with E-state index in [0.717, 1.165) is 38.9 Å². The van der Waals surface area contributed by atoms with Crippen molar-refractivity contribution < 1.29 is 14.2 Å². The first-order valence-electron chi connectivity index (χ1n) is 10.0. The smallest absolute Gasteiger partial charge is 0.0949 e. The molecule has 0 heterocycles. The molecule has 3 nitrogen and oxygen atoms in total. The molecule has 2 saturated carbocycles. The molecule has 0 radical (unpaired) electrons. The Hall–Kier alpha value is -0.120. The lowest BCUT2D eigenvalue weighted by Crippen LogP contribution is -2.57. The van der Waals surface area contributed by atoms with Crippen molar-refractivity contribution in [3.8, 4) is 0 Å². The summed E-state index contributed by atoms with van der Waals surface area (Å²) in [5.74, 6) is 0. The van der Waals surface area contributed by atoms with Gasteiger partial charge in [-0.05, 0) is 53.4 Å². The van der Waals surface area contributed by atoms with E-state index < -0.39 is 0 Å². The van der Waals surface area contributed by atoms with Gasteiger partial charge >= 0.3 is 0 Å². The van der Waals surface area contributed by atoms with Crippen LogP contribution >= 0.6 is 0 Å². The van der Waals surface area contributed by atoms with E-state index in [1.54, 1.807) is 0 Å². The van der Waals surface area contributed by atoms with Crippen LogP contribution in [-0.2, 0) is 14.2 Å². The van der Waals surface area contributed by atoms with Crippen LogP contribution in [0.4, 0.5) is 0 Å². The molecule has 0 bridgehead atoms. The molecule has 136 valence electrons. The normalized spacial score (nSPS) is 26.6. The second-order valence-corrected chi connectivity index (χ2v) is 7.55. The van der Waals surface area contributed by atoms with Crippen molar-refractivity contribution in [2.75, 3.05) is 13.2 Å². The summed E-state index contributed by atoms with van der Waals surface area (Å²) in [6.07, 6.45) is 12.6. The van der Waals surface area contributed by atoms with E-state index in [9.17, 15) is 0 Å². The Morgan fingerprint density at radius 2 is 1.00 bits per heavy atom. The zero-order valence-corrected chi connectivity index (χ0v) is 15.9. The minimum absolute atomic E-state index is 0.114. The van der Waals surface area contributed by atoms with Gasteiger partial charge in [0.2, 0.25) is 0 Å². The van der Waals surface area contributed by atoms with E-state index >= 15 is 0 Å². The zero-order valence-electron chi connectivity index (χ0n) is 15.9. The monoisotopic (exact) mass is 326 g/mol. The molecule has 23 heavy (non-hydrogen) atoms. The van der Waals surface area contributed by atoms with Crippen molar-refractivity contribution in [1.29, 1.82) is 0 Å². The highest BCUT2D eigenvalue weighted by atomic mass is 16.6. The van der Waals surface area contributed by atoms with Gasteiger partial charge in [-0.3, -0.25) is 0 Å². The zero-order chi connectivity index (χ0) is 16.8. The van der Waals surface area contributed by atoms with E-state index in [1.807, 2.05) is 0 Å². The van der Waals surface area contributed by atoms with Gasteiger partial charge in [-0.15, -0.1) is 0 Å². The maximum Gasteiger partial charge on any atom is 0.0949 e. The molecule has 2 fully saturated rings. The lowest BCUT2D eigenvalue weighted by molar-refractivity contribution is -0.259. The fourth-order valence-electron chi connectivity index (χ4n) is 4.69. The first-order valence-corrected chi connectivity index (χ1v) is 10.0. The molecule has 0 aliphatic heterocycles. The molecule has 2 aliphatic carbocycles. The van der Waals surface area contributed by atoms with E-state index in [-0.39, 0.29) is 23.4 Å². The average Bonchev–Trinajstić information content (AvgIpc) is 2.57. The predicted octanol–water partition coefficient (Wildman–Crippen LogP) is 5.26. The first-order chi connectivity index (χ1) is 11.1. The molecule has 3 heteroatoms. The van der Waals surface area contributed by atoms with Gasteiger partial charge in [-0.2, -0.15) is 0 Å². The maximum absolute atomic E-state index is 7.09. The second-order valence-electron chi connectivity index (χ2n) is 7.55. The molecule has 2 rings (SSSR count). The van der Waals surface area contributed by atoms with Crippen molar-refractivity contribution in [3.63, 3.8) is 0 Å². The van der Waals surface area contributed by atoms with Crippen LogP contribution in [0, 0.1) is 0 Å². The molecule has 0 amide bonds. The maximum atomic E-state index is 7.09. The summed E-state index contributed by atoms with van der Waals surface area (Å²) in [7, 11) is 0. The van der Waals surface area contributed by atoms with Crippen LogP contribution in [0.15, 0.2) is 0 Å². The van der Waals surface area contributed by atoms with Crippen molar-refractivity contribution in [2.24, 2.45) is 0 Å². The molecular weight excluding hydrogens is 288 g/mol. The molecule has 0 aromatic carbocycles. The van der Waals surface area contributed by atoms with Gasteiger partial charge in [-0.25, -0.2) is 0 Å². The molecule has 0 saturated heterocycles. The molecule has 2 atom stereocenters. The Kier molecular flexibility index (Phi) is 7.37. The Bertz CT molecular complexity index is 298. The van der Waals surface area contributed by atoms with Crippen molar-refractivity contribution in [2.45, 2.75) is 115 Å². The molecule has 0 aromatic heterocycles. The summed E-state index contributed by atoms with van der Waals surface area (Å²) in [4.78, 5) is 0. The minimum atomic E-state index is -0.114. The van der Waals surface area contributed by atoms with Gasteiger partial charge in [0, 0.05) is 13.2 Å². The van der Waals surface area contributed by atoms with Crippen molar-refractivity contribution >= 4 is 0 Å². The van der Waals surface area contributed by atoms with Crippen LogP contribution in [0.3, 0.4) is 0 Å². The number of ether oxygens (including phenoxy) is 3. The van der Waals surface area contributed by atoms with Gasteiger partial charge in [0.15, 0.2) is 0 Å². The summed E-state index contributed by atoms with van der Waals surface area (Å²) in [5, 5.41) is 0. The summed E-state index contributed by atoms with van der Waals surface area (Å²) in [6.45, 7) is 10.1. The molecule has 0 spiro atoms. The predicted molar refractivity (Wildman–Crippen MR) is 94.9 cm³/mol. The van der Waals surface area contributed by atoms with E-state index in [4.69, 9.17) is 14.2 Å². The molecular formula is C20H38O3. The number of hydrogen-bond acceptors (Lipinski definition) is 3. The summed E-state index contributed by atoms with van der Waals surface area (Å²) in [6, 6.07) is 0. The topological polar surface area (TPSA) is 27.7 Å². The molecule has 0 N–H and O–H groups in total. The van der Waals surface area contributed by atoms with Crippen LogP contribution in [-0.4, -0.2) is 36.6 Å². The van der Waals surface area contributed by atoms with Crippen LogP contribution in [0.2, 0.25) is 0 Å². The van der Waals surface area contributed by atoms with E-state index in [0.29, 0.717) is 0 Å². The fourth-order valence-corrected chi connectivity index (χ4v) is 4.69. The van der Waals surface area contributed by atoms with Crippen molar-refractivity contribution in [1.82, 2.24) is 0 Å². The third kappa shape index (κ3) is 4.49. The Morgan fingerprint density at radius 1 is 0.652 bits per heavy atom. The van der Waals surface area contributed by atoms with Crippen LogP contribution in [0.25, 0.3) is 0 Å². The lowest BCUT2D eigenvalue weighted by Gasteiger charge is -2.51. The Morgan fingerprint density at radius 3 is 1.30 bits per heavy atom. The highest BCUT2D eigenvalue weighted by Gasteiger charge is 2.49. The molecule has 2 unspecified atom stereocenters. The van der Waals surface area contributed by atoms with Crippen LogP contribution in [0.1, 0.15) is 91.9 Å². The quantitative estimate of drug-likeness (QED) is 0.609. The fraction of sp³-hybridized carbons (Fsp3) is 1.00. The lowest BCUT2D eigenvalue weighted by atomic mass is 9.76. The summed E-state index contributed by atoms with van der Waals surface area (Å²) < 4.78 is 19.2. The standard InChI is InChI=1S/C20H38O3/c1-5-21-17(3)19(13-9-7-10-14-19)23-20(18(4)22-6-2)15-11-8-12-16-20/h17-18H,5-16H2,1-4H3. The number of hydrogen-bond donors (Lipinski definition) is 0. The van der Waals surface area contributed by atoms with Gasteiger partial charge < -0.3 is 14.2 Å². The molecule has 2 aliphatic rings. The number of rotatable bonds is 8. The van der Waals surface area contributed by atoms with Gasteiger partial charge in [0.1, 0.15) is 0 Å². The van der Waals surface area contributed by atoms with E-state index in [2.05, 4.69) is 27.7 Å². The average molecular weight is 327 g/mol. The van der Waals surface area contributed by atoms with Crippen molar-refractivity contribution in [3.05, 3.63) is 0 Å². The van der Waals surface area contributed by atoms with Gasteiger partial charge in [0.05, 0.1) is 23.4 Å². The van der Waals surface area contributed by atoms with Crippen LogP contribution < -0.4 is 0 Å². The summed E-state index contributed by atoms with van der Waals surface area (Å²) >= 11 is 0. The Balaban J connectivity index is 2.22. The van der Waals surface area contributed by atoms with Gasteiger partial charge in [0.25, 0.3) is 0 Å². The van der Waals surface area contributed by atoms with E-state index in [1.165, 1.54) is 38.5 Å². The third-order valence-corrected chi connectivity index (χ3v) is 6.12. The van der Waals surface area contributed by atoms with Gasteiger partial charge in [-0.1, -0.05) is 38.5 Å². The first kappa shape index (κ1) is 19.2. The Labute approximate surface area is 143 Å². The third-order valence-electron chi connectivity index (χ3n) is 6.12. The largest absolute Gasteiger partial charge is 0.376 e.